The van der Waals surface area contributed by atoms with Crippen LogP contribution in [-0.4, -0.2) is 31.4 Å². The first kappa shape index (κ1) is 15.1. The normalized spacial score (nSPS) is 12.7. The number of carbonyl (C=O) groups is 2. The Bertz CT molecular complexity index is 597. The van der Waals surface area contributed by atoms with Crippen LogP contribution in [-0.2, 0) is 20.6 Å². The van der Waals surface area contributed by atoms with E-state index in [1.165, 1.54) is 31.2 Å². The Labute approximate surface area is 110 Å². The zero-order chi connectivity index (χ0) is 14.6. The number of carbonyl (C=O) groups excluding carboxylic acids is 1. The number of benzene rings is 1. The van der Waals surface area contributed by atoms with Crippen LogP contribution >= 0.6 is 0 Å². The number of hydrogen-bond acceptors (Lipinski definition) is 4. The summed E-state index contributed by atoms with van der Waals surface area (Å²) in [5.74, 6) is -2.14. The van der Waals surface area contributed by atoms with Gasteiger partial charge in [-0.25, -0.2) is 13.6 Å². The van der Waals surface area contributed by atoms with E-state index in [1.807, 2.05) is 0 Å². The van der Waals surface area contributed by atoms with Gasteiger partial charge in [0.2, 0.25) is 10.0 Å². The maximum Gasteiger partial charge on any atom is 0.325 e. The monoisotopic (exact) mass is 286 g/mol. The van der Waals surface area contributed by atoms with Gasteiger partial charge in [-0.1, -0.05) is 12.1 Å². The molecule has 0 heterocycles. The molecular weight excluding hydrogens is 272 g/mol. The summed E-state index contributed by atoms with van der Waals surface area (Å²) in [5.41, 5.74) is 0.535. The molecule has 0 aliphatic rings. The molecule has 1 atom stereocenters. The Hall–Kier alpha value is -1.93. The van der Waals surface area contributed by atoms with Crippen molar-refractivity contribution in [1.82, 2.24) is 5.32 Å². The van der Waals surface area contributed by atoms with Crippen molar-refractivity contribution in [3.63, 3.8) is 0 Å². The first-order valence-electron chi connectivity index (χ1n) is 5.32. The molecule has 0 saturated heterocycles. The summed E-state index contributed by atoms with van der Waals surface area (Å²) in [5, 5.41) is 15.8. The Morgan fingerprint density at radius 1 is 1.42 bits per heavy atom. The van der Waals surface area contributed by atoms with Crippen molar-refractivity contribution in [2.75, 3.05) is 0 Å². The number of carboxylic acid groups (broad SMARTS) is 1. The summed E-state index contributed by atoms with van der Waals surface area (Å²) < 4.78 is 21.9. The molecule has 8 heteroatoms. The zero-order valence-corrected chi connectivity index (χ0v) is 11.0. The Balaban J connectivity index is 2.87. The minimum absolute atomic E-state index is 0.175. The largest absolute Gasteiger partial charge is 0.480 e. The fourth-order valence-corrected chi connectivity index (χ4v) is 2.02. The Morgan fingerprint density at radius 3 is 2.58 bits per heavy atom. The van der Waals surface area contributed by atoms with Crippen molar-refractivity contribution in [1.29, 1.82) is 0 Å². The molecule has 0 radical (unpaired) electrons. The van der Waals surface area contributed by atoms with E-state index in [9.17, 15) is 18.0 Å². The van der Waals surface area contributed by atoms with Crippen molar-refractivity contribution in [3.8, 4) is 0 Å². The smallest absolute Gasteiger partial charge is 0.325 e. The average Bonchev–Trinajstić information content (AvgIpc) is 2.26. The second-order valence-corrected chi connectivity index (χ2v) is 5.66. The molecule has 1 aromatic carbocycles. The van der Waals surface area contributed by atoms with Crippen LogP contribution in [0.3, 0.4) is 0 Å². The number of primary sulfonamides is 1. The first-order valence-corrected chi connectivity index (χ1v) is 7.03. The van der Waals surface area contributed by atoms with Gasteiger partial charge in [-0.05, 0) is 24.6 Å². The van der Waals surface area contributed by atoms with E-state index in [1.54, 1.807) is 0 Å². The van der Waals surface area contributed by atoms with E-state index in [2.05, 4.69) is 5.32 Å². The number of aliphatic carboxylic acids is 1. The maximum atomic E-state index is 11.7. The number of hydrogen-bond donors (Lipinski definition) is 3. The molecule has 0 saturated carbocycles. The topological polar surface area (TPSA) is 127 Å². The highest BCUT2D eigenvalue weighted by atomic mass is 32.2. The summed E-state index contributed by atoms with van der Waals surface area (Å²) in [6.45, 7) is 1.33. The molecule has 1 aromatic rings. The Morgan fingerprint density at radius 2 is 2.05 bits per heavy atom. The average molecular weight is 286 g/mol. The quantitative estimate of drug-likeness (QED) is 0.683. The number of nitrogens with one attached hydrogen (secondary N) is 1. The second kappa shape index (κ2) is 5.81. The highest BCUT2D eigenvalue weighted by Gasteiger charge is 2.15. The molecule has 4 N–H and O–H groups in total. The van der Waals surface area contributed by atoms with E-state index in [-0.39, 0.29) is 11.3 Å². The van der Waals surface area contributed by atoms with Crippen molar-refractivity contribution in [3.05, 3.63) is 35.4 Å². The lowest BCUT2D eigenvalue weighted by Gasteiger charge is -2.09. The van der Waals surface area contributed by atoms with Gasteiger partial charge in [0.25, 0.3) is 5.91 Å². The highest BCUT2D eigenvalue weighted by molar-refractivity contribution is 7.88. The predicted octanol–water partition coefficient (Wildman–Crippen LogP) is -0.322. The van der Waals surface area contributed by atoms with Crippen molar-refractivity contribution < 1.29 is 23.1 Å². The van der Waals surface area contributed by atoms with Gasteiger partial charge in [0.05, 0.1) is 5.75 Å². The lowest BCUT2D eigenvalue weighted by atomic mass is 10.1. The summed E-state index contributed by atoms with van der Waals surface area (Å²) in [4.78, 5) is 22.3. The molecule has 0 aromatic heterocycles. The molecular formula is C11H14N2O5S. The van der Waals surface area contributed by atoms with Gasteiger partial charge >= 0.3 is 5.97 Å². The van der Waals surface area contributed by atoms with Gasteiger partial charge in [-0.15, -0.1) is 0 Å². The van der Waals surface area contributed by atoms with E-state index in [0.717, 1.165) is 0 Å². The molecule has 19 heavy (non-hydrogen) atoms. The van der Waals surface area contributed by atoms with Crippen LogP contribution in [0.2, 0.25) is 0 Å². The summed E-state index contributed by atoms with van der Waals surface area (Å²) in [6, 6.07) is 4.79. The van der Waals surface area contributed by atoms with Gasteiger partial charge in [0, 0.05) is 5.56 Å². The molecule has 0 aliphatic carbocycles. The van der Waals surface area contributed by atoms with Crippen molar-refractivity contribution in [2.45, 2.75) is 18.7 Å². The Kier molecular flexibility index (Phi) is 4.62. The lowest BCUT2D eigenvalue weighted by molar-refractivity contribution is -0.138. The van der Waals surface area contributed by atoms with Crippen LogP contribution in [0.5, 0.6) is 0 Å². The van der Waals surface area contributed by atoms with Crippen LogP contribution in [0.1, 0.15) is 22.8 Å². The second-order valence-electron chi connectivity index (χ2n) is 4.04. The molecule has 0 spiro atoms. The third kappa shape index (κ3) is 5.06. The molecule has 104 valence electrons. The van der Waals surface area contributed by atoms with Crippen molar-refractivity contribution >= 4 is 21.9 Å². The van der Waals surface area contributed by atoms with E-state index >= 15 is 0 Å². The number of rotatable bonds is 5. The standard InChI is InChI=1S/C11H14N2O5S/c1-7(11(15)16)13-10(14)9-4-2-3-8(5-9)6-19(12,17)18/h2-5,7H,6H2,1H3,(H,13,14)(H,15,16)(H2,12,17,18)/t7-/m1/s1. The zero-order valence-electron chi connectivity index (χ0n) is 10.2. The molecule has 0 aliphatic heterocycles. The van der Waals surface area contributed by atoms with Crippen LogP contribution in [0.15, 0.2) is 24.3 Å². The molecule has 0 bridgehead atoms. The van der Waals surface area contributed by atoms with Crippen LogP contribution in [0, 0.1) is 0 Å². The van der Waals surface area contributed by atoms with E-state index in [0.29, 0.717) is 5.56 Å². The summed E-state index contributed by atoms with van der Waals surface area (Å²) in [6.07, 6.45) is 0. The fraction of sp³-hybridized carbons (Fsp3) is 0.273. The van der Waals surface area contributed by atoms with E-state index < -0.39 is 27.9 Å². The van der Waals surface area contributed by atoms with Gasteiger partial charge in [-0.2, -0.15) is 0 Å². The fourth-order valence-electron chi connectivity index (χ4n) is 1.38. The minimum Gasteiger partial charge on any atom is -0.480 e. The summed E-state index contributed by atoms with van der Waals surface area (Å²) >= 11 is 0. The van der Waals surface area contributed by atoms with Gasteiger partial charge in [0.15, 0.2) is 0 Å². The van der Waals surface area contributed by atoms with Crippen LogP contribution in [0.25, 0.3) is 0 Å². The molecule has 0 unspecified atom stereocenters. The molecule has 1 rings (SSSR count). The third-order valence-corrected chi connectivity index (χ3v) is 3.01. The minimum atomic E-state index is -3.68. The van der Waals surface area contributed by atoms with Crippen LogP contribution < -0.4 is 10.5 Å². The lowest BCUT2D eigenvalue weighted by Crippen LogP contribution is -2.38. The van der Waals surface area contributed by atoms with Gasteiger partial charge in [0.1, 0.15) is 6.04 Å². The molecule has 1 amide bonds. The number of amides is 1. The highest BCUT2D eigenvalue weighted by Crippen LogP contribution is 2.08. The first-order chi connectivity index (χ1) is 8.69. The number of sulfonamides is 1. The molecule has 7 nitrogen and oxygen atoms in total. The maximum absolute atomic E-state index is 11.7. The summed E-state index contributed by atoms with van der Waals surface area (Å²) in [7, 11) is -3.68. The van der Waals surface area contributed by atoms with E-state index in [4.69, 9.17) is 10.2 Å². The molecule has 0 fully saturated rings. The third-order valence-electron chi connectivity index (χ3n) is 2.28. The predicted molar refractivity (Wildman–Crippen MR) is 67.8 cm³/mol. The van der Waals surface area contributed by atoms with Crippen molar-refractivity contribution in [2.24, 2.45) is 5.14 Å². The number of nitrogens with two attached hydrogens (primary N) is 1. The SMILES string of the molecule is C[C@@H](NC(=O)c1cccc(CS(N)(=O)=O)c1)C(=O)O. The number of carboxylic acids is 1. The van der Waals surface area contributed by atoms with Crippen LogP contribution in [0.4, 0.5) is 0 Å². The van der Waals surface area contributed by atoms with Gasteiger partial charge < -0.3 is 10.4 Å². The van der Waals surface area contributed by atoms with Gasteiger partial charge in [-0.3, -0.25) is 9.59 Å².